The third-order valence-corrected chi connectivity index (χ3v) is 10.7. The van der Waals surface area contributed by atoms with Gasteiger partial charge in [-0.2, -0.15) is 0 Å². The molecule has 0 radical (unpaired) electrons. The van der Waals surface area contributed by atoms with Crippen LogP contribution in [0.4, 0.5) is 17.1 Å². The van der Waals surface area contributed by atoms with E-state index in [1.165, 1.54) is 38.9 Å². The summed E-state index contributed by atoms with van der Waals surface area (Å²) in [4.78, 5) is 2.40. The second-order valence-electron chi connectivity index (χ2n) is 14.1. The summed E-state index contributed by atoms with van der Waals surface area (Å²) in [7, 11) is 0. The molecule has 9 aromatic carbocycles. The monoisotopic (exact) mass is 715 g/mol. The molecule has 0 aliphatic heterocycles. The smallest absolute Gasteiger partial charge is 0.143 e. The third kappa shape index (κ3) is 6.04. The van der Waals surface area contributed by atoms with Gasteiger partial charge in [0.15, 0.2) is 0 Å². The molecule has 0 saturated carbocycles. The minimum Gasteiger partial charge on any atom is -0.455 e. The Hall–Kier alpha value is -7.42. The molecule has 0 saturated heterocycles. The quantitative estimate of drug-likeness (QED) is 0.156. The summed E-state index contributed by atoms with van der Waals surface area (Å²) in [6, 6.07) is 80.0. The lowest BCUT2D eigenvalue weighted by Gasteiger charge is -2.29. The first-order valence-electron chi connectivity index (χ1n) is 19.1. The SMILES string of the molecule is c1ccc(-c2ccc(N(c3cccc(-c4cccc5c4oc4ccccc45)c3)c3ccccc3-c3ccccc3-c3ccccc3-c3ccccc3)cc2)cc1. The lowest BCUT2D eigenvalue weighted by molar-refractivity contribution is 0.670. The van der Waals surface area contributed by atoms with Gasteiger partial charge in [-0.25, -0.2) is 0 Å². The first-order chi connectivity index (χ1) is 27.8. The Bertz CT molecular complexity index is 2960. The summed E-state index contributed by atoms with van der Waals surface area (Å²) < 4.78 is 6.52. The number of nitrogens with zero attached hydrogens (tertiary/aromatic N) is 1. The molecule has 10 aromatic rings. The van der Waals surface area contributed by atoms with Crippen molar-refractivity contribution in [3.63, 3.8) is 0 Å². The molecule has 1 heterocycles. The van der Waals surface area contributed by atoms with E-state index in [0.717, 1.165) is 55.7 Å². The number of hydrogen-bond donors (Lipinski definition) is 0. The fourth-order valence-corrected chi connectivity index (χ4v) is 8.08. The molecule has 2 nitrogen and oxygen atoms in total. The summed E-state index contributed by atoms with van der Waals surface area (Å²) >= 11 is 0. The fourth-order valence-electron chi connectivity index (χ4n) is 8.08. The Kier molecular flexibility index (Phi) is 8.55. The molecule has 0 fully saturated rings. The predicted octanol–water partition coefficient (Wildman–Crippen LogP) is 15.4. The van der Waals surface area contributed by atoms with E-state index in [0.29, 0.717) is 0 Å². The molecular weight excluding hydrogens is 679 g/mol. The summed E-state index contributed by atoms with van der Waals surface area (Å²) in [5, 5.41) is 2.25. The molecule has 0 aliphatic rings. The van der Waals surface area contributed by atoms with Crippen LogP contribution in [-0.2, 0) is 0 Å². The number of benzene rings is 9. The van der Waals surface area contributed by atoms with Crippen LogP contribution >= 0.6 is 0 Å². The highest BCUT2D eigenvalue weighted by Gasteiger charge is 2.21. The lowest BCUT2D eigenvalue weighted by Crippen LogP contribution is -2.11. The van der Waals surface area contributed by atoms with Gasteiger partial charge in [-0.3, -0.25) is 0 Å². The van der Waals surface area contributed by atoms with E-state index >= 15 is 0 Å². The van der Waals surface area contributed by atoms with E-state index in [2.05, 4.69) is 217 Å². The largest absolute Gasteiger partial charge is 0.455 e. The van der Waals surface area contributed by atoms with Crippen molar-refractivity contribution in [1.82, 2.24) is 0 Å². The van der Waals surface area contributed by atoms with Gasteiger partial charge in [0.2, 0.25) is 0 Å². The summed E-state index contributed by atoms with van der Waals surface area (Å²) in [5.74, 6) is 0. The molecule has 1 aromatic heterocycles. The van der Waals surface area contributed by atoms with Gasteiger partial charge in [-0.1, -0.05) is 188 Å². The Morgan fingerprint density at radius 1 is 0.286 bits per heavy atom. The Labute approximate surface area is 327 Å². The highest BCUT2D eigenvalue weighted by Crippen LogP contribution is 2.46. The number of rotatable bonds is 8. The Morgan fingerprint density at radius 2 is 0.786 bits per heavy atom. The first kappa shape index (κ1) is 33.2. The third-order valence-electron chi connectivity index (χ3n) is 10.7. The molecular formula is C54H37NO. The highest BCUT2D eigenvalue weighted by molar-refractivity contribution is 6.09. The number of anilines is 3. The van der Waals surface area contributed by atoms with Crippen LogP contribution in [0.5, 0.6) is 0 Å². The predicted molar refractivity (Wildman–Crippen MR) is 236 cm³/mol. The molecule has 0 amide bonds. The normalized spacial score (nSPS) is 11.2. The van der Waals surface area contributed by atoms with Crippen LogP contribution in [0.3, 0.4) is 0 Å². The van der Waals surface area contributed by atoms with Crippen LogP contribution in [0.1, 0.15) is 0 Å². The van der Waals surface area contributed by atoms with E-state index in [4.69, 9.17) is 4.42 Å². The van der Waals surface area contributed by atoms with Gasteiger partial charge in [0, 0.05) is 33.3 Å². The van der Waals surface area contributed by atoms with Gasteiger partial charge in [-0.05, 0) is 80.9 Å². The van der Waals surface area contributed by atoms with Crippen LogP contribution in [0.2, 0.25) is 0 Å². The van der Waals surface area contributed by atoms with Gasteiger partial charge in [0.25, 0.3) is 0 Å². The molecule has 56 heavy (non-hydrogen) atoms. The number of furan rings is 1. The zero-order valence-electron chi connectivity index (χ0n) is 30.7. The average Bonchev–Trinajstić information content (AvgIpc) is 3.67. The molecule has 0 aliphatic carbocycles. The lowest BCUT2D eigenvalue weighted by atomic mass is 9.88. The summed E-state index contributed by atoms with van der Waals surface area (Å²) in [6.07, 6.45) is 0. The molecule has 10 rings (SSSR count). The van der Waals surface area contributed by atoms with E-state index in [1.807, 2.05) is 12.1 Å². The van der Waals surface area contributed by atoms with E-state index in [1.54, 1.807) is 0 Å². The zero-order valence-corrected chi connectivity index (χ0v) is 30.7. The first-order valence-corrected chi connectivity index (χ1v) is 19.1. The molecule has 0 bridgehead atoms. The molecule has 0 unspecified atom stereocenters. The maximum absolute atomic E-state index is 6.52. The van der Waals surface area contributed by atoms with Crippen molar-refractivity contribution in [2.75, 3.05) is 4.90 Å². The fraction of sp³-hybridized carbons (Fsp3) is 0. The van der Waals surface area contributed by atoms with Crippen molar-refractivity contribution >= 4 is 39.0 Å². The summed E-state index contributed by atoms with van der Waals surface area (Å²) in [5.41, 5.74) is 16.6. The van der Waals surface area contributed by atoms with E-state index in [-0.39, 0.29) is 0 Å². The van der Waals surface area contributed by atoms with Crippen LogP contribution in [0.15, 0.2) is 229 Å². The minimum absolute atomic E-state index is 0.896. The van der Waals surface area contributed by atoms with Gasteiger partial charge >= 0.3 is 0 Å². The maximum Gasteiger partial charge on any atom is 0.143 e. The van der Waals surface area contributed by atoms with Crippen LogP contribution in [-0.4, -0.2) is 0 Å². The van der Waals surface area contributed by atoms with Crippen molar-refractivity contribution < 1.29 is 4.42 Å². The van der Waals surface area contributed by atoms with Gasteiger partial charge < -0.3 is 9.32 Å². The second kappa shape index (κ2) is 14.4. The summed E-state index contributed by atoms with van der Waals surface area (Å²) in [6.45, 7) is 0. The standard InChI is InChI=1S/C54H37NO/c1-3-17-38(18-4-1)39-33-35-42(36-34-39)55(43-22-15-21-41(37-43)45-29-16-30-51-50-28-12-14-32-53(50)56-54(45)51)52-31-13-11-27-49(52)48-26-10-9-25-47(48)46-24-8-7-23-44(46)40-19-5-2-6-20-40/h1-37H. The minimum atomic E-state index is 0.896. The Morgan fingerprint density at radius 3 is 1.54 bits per heavy atom. The highest BCUT2D eigenvalue weighted by atomic mass is 16.3. The molecule has 0 spiro atoms. The van der Waals surface area contributed by atoms with Crippen molar-refractivity contribution in [2.45, 2.75) is 0 Å². The molecule has 264 valence electrons. The zero-order chi connectivity index (χ0) is 37.3. The average molecular weight is 716 g/mol. The van der Waals surface area contributed by atoms with Crippen LogP contribution < -0.4 is 4.90 Å². The van der Waals surface area contributed by atoms with Gasteiger partial charge in [0.1, 0.15) is 11.2 Å². The van der Waals surface area contributed by atoms with Gasteiger partial charge in [0.05, 0.1) is 5.69 Å². The van der Waals surface area contributed by atoms with Crippen molar-refractivity contribution in [3.05, 3.63) is 224 Å². The van der Waals surface area contributed by atoms with Crippen LogP contribution in [0.25, 0.3) is 77.6 Å². The van der Waals surface area contributed by atoms with Gasteiger partial charge in [-0.15, -0.1) is 0 Å². The Balaban J connectivity index is 1.16. The van der Waals surface area contributed by atoms with Crippen molar-refractivity contribution in [3.8, 4) is 55.6 Å². The molecule has 2 heteroatoms. The topological polar surface area (TPSA) is 16.4 Å². The molecule has 0 N–H and O–H groups in total. The number of para-hydroxylation sites is 3. The molecule has 0 atom stereocenters. The second-order valence-corrected chi connectivity index (χ2v) is 14.1. The maximum atomic E-state index is 6.52. The number of fused-ring (bicyclic) bond motifs is 3. The van der Waals surface area contributed by atoms with Crippen LogP contribution in [0, 0.1) is 0 Å². The van der Waals surface area contributed by atoms with Crippen molar-refractivity contribution in [2.24, 2.45) is 0 Å². The van der Waals surface area contributed by atoms with E-state index < -0.39 is 0 Å². The number of hydrogen-bond acceptors (Lipinski definition) is 2. The van der Waals surface area contributed by atoms with Crippen molar-refractivity contribution in [1.29, 1.82) is 0 Å². The van der Waals surface area contributed by atoms with E-state index in [9.17, 15) is 0 Å².